The summed E-state index contributed by atoms with van der Waals surface area (Å²) in [5.74, 6) is -0.949. The number of aromatic hydroxyl groups is 1. The topological polar surface area (TPSA) is 108 Å². The molecule has 8 heteroatoms. The Hall–Kier alpha value is -2.29. The molecular weight excluding hydrogens is 348 g/mol. The van der Waals surface area contributed by atoms with E-state index in [0.29, 0.717) is 32.6 Å². The van der Waals surface area contributed by atoms with Gasteiger partial charge in [0.15, 0.2) is 0 Å². The first kappa shape index (κ1) is 21.0. The molecule has 0 aliphatic carbocycles. The van der Waals surface area contributed by atoms with E-state index in [2.05, 4.69) is 9.89 Å². The number of ether oxygens (including phenoxy) is 1. The normalized spacial score (nSPS) is 17.1. The number of phenols is 1. The quantitative estimate of drug-likeness (QED) is 0.620. The van der Waals surface area contributed by atoms with Crippen LogP contribution in [0.4, 0.5) is 0 Å². The number of primary amides is 1. The summed E-state index contributed by atoms with van der Waals surface area (Å²) < 4.78 is 5.30. The molecule has 1 saturated heterocycles. The summed E-state index contributed by atoms with van der Waals surface area (Å²) in [6.45, 7) is 3.51. The van der Waals surface area contributed by atoms with Gasteiger partial charge in [-0.05, 0) is 38.2 Å². The van der Waals surface area contributed by atoms with E-state index in [-0.39, 0.29) is 11.5 Å². The maximum absolute atomic E-state index is 12.7. The number of carbonyl (C=O) groups excluding carboxylic acids is 2. The highest BCUT2D eigenvalue weighted by Gasteiger charge is 2.23. The molecule has 0 spiro atoms. The second kappa shape index (κ2) is 10.1. The van der Waals surface area contributed by atoms with E-state index in [1.165, 1.54) is 0 Å². The van der Waals surface area contributed by atoms with E-state index in [1.807, 2.05) is 6.07 Å². The molecule has 2 rings (SSSR count). The number of morpholine rings is 1. The van der Waals surface area contributed by atoms with E-state index in [1.54, 1.807) is 37.2 Å². The molecule has 148 valence electrons. The number of nitrogens with zero attached hydrogens (tertiary/aromatic N) is 3. The van der Waals surface area contributed by atoms with Crippen LogP contribution in [-0.4, -0.2) is 85.4 Å². The molecule has 1 aromatic carbocycles. The Morgan fingerprint density at radius 3 is 2.63 bits per heavy atom. The van der Waals surface area contributed by atoms with Crippen molar-refractivity contribution in [3.8, 4) is 5.75 Å². The van der Waals surface area contributed by atoms with Crippen molar-refractivity contribution < 1.29 is 19.4 Å². The first-order chi connectivity index (χ1) is 12.9. The lowest BCUT2D eigenvalue weighted by Crippen LogP contribution is -2.40. The highest BCUT2D eigenvalue weighted by molar-refractivity contribution is 6.40. The van der Waals surface area contributed by atoms with Crippen LogP contribution in [-0.2, 0) is 20.7 Å². The van der Waals surface area contributed by atoms with Crippen LogP contribution in [0.25, 0.3) is 0 Å². The maximum atomic E-state index is 12.7. The van der Waals surface area contributed by atoms with Crippen molar-refractivity contribution >= 4 is 17.5 Å². The summed E-state index contributed by atoms with van der Waals surface area (Å²) in [6.07, 6.45) is 0.701. The molecule has 1 atom stereocenters. The van der Waals surface area contributed by atoms with E-state index in [4.69, 9.17) is 10.5 Å². The Labute approximate surface area is 159 Å². The minimum absolute atomic E-state index is 0.0919. The molecule has 1 heterocycles. The van der Waals surface area contributed by atoms with Crippen LogP contribution < -0.4 is 5.73 Å². The minimum atomic E-state index is -0.675. The van der Waals surface area contributed by atoms with Gasteiger partial charge in [-0.1, -0.05) is 12.1 Å². The summed E-state index contributed by atoms with van der Waals surface area (Å²) in [7, 11) is 3.55. The monoisotopic (exact) mass is 376 g/mol. The largest absolute Gasteiger partial charge is 0.508 e. The molecule has 1 fully saturated rings. The van der Waals surface area contributed by atoms with E-state index in [9.17, 15) is 14.7 Å². The predicted octanol–water partition coefficient (Wildman–Crippen LogP) is 0.0401. The lowest BCUT2D eigenvalue weighted by atomic mass is 10.0. The second-order valence-electron chi connectivity index (χ2n) is 6.82. The molecule has 1 aromatic rings. The fourth-order valence-electron chi connectivity index (χ4n) is 2.93. The van der Waals surface area contributed by atoms with Crippen molar-refractivity contribution in [3.05, 3.63) is 29.8 Å². The zero-order chi connectivity index (χ0) is 19.8. The third-order valence-corrected chi connectivity index (χ3v) is 4.55. The lowest BCUT2D eigenvalue weighted by molar-refractivity contribution is -0.122. The molecule has 0 unspecified atom stereocenters. The summed E-state index contributed by atoms with van der Waals surface area (Å²) in [6, 6.07) is 6.19. The third-order valence-electron chi connectivity index (χ3n) is 4.55. The molecule has 0 saturated carbocycles. The van der Waals surface area contributed by atoms with Gasteiger partial charge in [-0.15, -0.1) is 0 Å². The number of hydrogen-bond acceptors (Lipinski definition) is 6. The maximum Gasteiger partial charge on any atom is 0.263 e. The number of phenolic OH excluding ortho intramolecular Hbond substituents is 1. The number of rotatable bonds is 8. The van der Waals surface area contributed by atoms with Gasteiger partial charge in [0.25, 0.3) is 11.8 Å². The van der Waals surface area contributed by atoms with Crippen LogP contribution in [0.5, 0.6) is 5.75 Å². The average molecular weight is 376 g/mol. The number of nitrogens with two attached hydrogens (primary N) is 1. The van der Waals surface area contributed by atoms with Crippen LogP contribution in [0.15, 0.2) is 29.3 Å². The van der Waals surface area contributed by atoms with Gasteiger partial charge < -0.3 is 15.6 Å². The van der Waals surface area contributed by atoms with Gasteiger partial charge >= 0.3 is 0 Å². The molecule has 1 aliphatic heterocycles. The van der Waals surface area contributed by atoms with E-state index >= 15 is 0 Å². The Balaban J connectivity index is 2.07. The van der Waals surface area contributed by atoms with Gasteiger partial charge in [-0.25, -0.2) is 4.99 Å². The Bertz CT molecular complexity index is 684. The van der Waals surface area contributed by atoms with Crippen molar-refractivity contribution in [1.29, 1.82) is 0 Å². The summed E-state index contributed by atoms with van der Waals surface area (Å²) in [4.78, 5) is 32.4. The van der Waals surface area contributed by atoms with Gasteiger partial charge in [0.1, 0.15) is 11.5 Å². The van der Waals surface area contributed by atoms with Gasteiger partial charge in [0, 0.05) is 26.1 Å². The summed E-state index contributed by atoms with van der Waals surface area (Å²) in [5, 5.41) is 9.61. The van der Waals surface area contributed by atoms with Crippen molar-refractivity contribution in [1.82, 2.24) is 9.80 Å². The smallest absolute Gasteiger partial charge is 0.263 e. The van der Waals surface area contributed by atoms with Gasteiger partial charge in [0.2, 0.25) is 0 Å². The molecule has 0 aromatic heterocycles. The molecule has 0 bridgehead atoms. The fourth-order valence-corrected chi connectivity index (χ4v) is 2.93. The number of likely N-dealkylation sites (N-methyl/N-ethyl adjacent to an activating group) is 1. The van der Waals surface area contributed by atoms with Crippen LogP contribution in [0.2, 0.25) is 0 Å². The Morgan fingerprint density at radius 2 is 2.04 bits per heavy atom. The highest BCUT2D eigenvalue weighted by atomic mass is 16.5. The first-order valence-corrected chi connectivity index (χ1v) is 9.02. The zero-order valence-electron chi connectivity index (χ0n) is 15.9. The minimum Gasteiger partial charge on any atom is -0.508 e. The van der Waals surface area contributed by atoms with E-state index < -0.39 is 17.9 Å². The molecule has 8 nitrogen and oxygen atoms in total. The molecular formula is C19H28N4O4. The molecule has 1 aliphatic rings. The first-order valence-electron chi connectivity index (χ1n) is 9.02. The number of amides is 2. The lowest BCUT2D eigenvalue weighted by Gasteiger charge is -2.26. The summed E-state index contributed by atoms with van der Waals surface area (Å²) in [5.41, 5.74) is 6.34. The number of benzene rings is 1. The number of hydrogen-bond donors (Lipinski definition) is 2. The molecule has 2 amide bonds. The van der Waals surface area contributed by atoms with Crippen LogP contribution in [0.1, 0.15) is 12.0 Å². The fraction of sp³-hybridized carbons (Fsp3) is 0.526. The second-order valence-corrected chi connectivity index (χ2v) is 6.82. The van der Waals surface area contributed by atoms with Crippen molar-refractivity contribution in [2.24, 2.45) is 10.7 Å². The summed E-state index contributed by atoms with van der Waals surface area (Å²) >= 11 is 0. The van der Waals surface area contributed by atoms with Gasteiger partial charge in [-0.3, -0.25) is 19.4 Å². The van der Waals surface area contributed by atoms with Crippen LogP contribution >= 0.6 is 0 Å². The predicted molar refractivity (Wildman–Crippen MR) is 103 cm³/mol. The van der Waals surface area contributed by atoms with Crippen molar-refractivity contribution in [2.75, 3.05) is 46.9 Å². The van der Waals surface area contributed by atoms with Crippen molar-refractivity contribution in [2.45, 2.75) is 18.9 Å². The van der Waals surface area contributed by atoms with Crippen molar-refractivity contribution in [3.63, 3.8) is 0 Å². The van der Waals surface area contributed by atoms with Gasteiger partial charge in [0.05, 0.1) is 19.3 Å². The zero-order valence-corrected chi connectivity index (χ0v) is 15.9. The standard InChI is InChI=1S/C19H28N4O4/c1-22(2)17(13-14-4-3-5-15(24)12-14)19(26)21-16(18(20)25)6-7-23-8-10-27-11-9-23/h3-5,12,17,24H,6-11,13H2,1-2H3,(H2,20,25)/b21-16+/t17-/m0/s1. The highest BCUT2D eigenvalue weighted by Crippen LogP contribution is 2.15. The molecule has 0 radical (unpaired) electrons. The third kappa shape index (κ3) is 6.74. The SMILES string of the molecule is CN(C)[C@@H](Cc1cccc(O)c1)C(=O)/N=C(\CCN1CCOCC1)C(N)=O. The van der Waals surface area contributed by atoms with Crippen LogP contribution in [0, 0.1) is 0 Å². The number of carbonyl (C=O) groups is 2. The van der Waals surface area contributed by atoms with Gasteiger partial charge in [-0.2, -0.15) is 0 Å². The number of aliphatic imine (C=N–C) groups is 1. The Kier molecular flexibility index (Phi) is 7.90. The average Bonchev–Trinajstić information content (AvgIpc) is 2.63. The van der Waals surface area contributed by atoms with Crippen LogP contribution in [0.3, 0.4) is 0 Å². The van der Waals surface area contributed by atoms with E-state index in [0.717, 1.165) is 18.7 Å². The molecule has 3 N–H and O–H groups in total. The molecule has 27 heavy (non-hydrogen) atoms. The Morgan fingerprint density at radius 1 is 1.33 bits per heavy atom.